The lowest BCUT2D eigenvalue weighted by Crippen LogP contribution is -2.35. The summed E-state index contributed by atoms with van der Waals surface area (Å²) in [6.45, 7) is 1.90. The zero-order valence-electron chi connectivity index (χ0n) is 11.0. The van der Waals surface area contributed by atoms with Crippen LogP contribution >= 0.6 is 15.9 Å². The minimum absolute atomic E-state index is 0.0168. The van der Waals surface area contributed by atoms with E-state index >= 15 is 0 Å². The molecule has 1 aromatic heterocycles. The van der Waals surface area contributed by atoms with Gasteiger partial charge in [-0.15, -0.1) is 0 Å². The summed E-state index contributed by atoms with van der Waals surface area (Å²) in [7, 11) is 1.81. The molecule has 1 aliphatic carbocycles. The Morgan fingerprint density at radius 2 is 1.94 bits per heavy atom. The van der Waals surface area contributed by atoms with Crippen molar-refractivity contribution >= 4 is 21.8 Å². The van der Waals surface area contributed by atoms with Crippen LogP contribution in [0.4, 0.5) is 0 Å². The topological polar surface area (TPSA) is 46.9 Å². The standard InChI is InChI=1S/C13H20BrN3O/c1-9-11(14)12(17(2)16-9)13(18)15-10-7-5-3-4-6-8-10/h10H,3-8H2,1-2H3,(H,15,18). The molecule has 1 fully saturated rings. The van der Waals surface area contributed by atoms with Crippen LogP contribution in [0, 0.1) is 6.92 Å². The fraction of sp³-hybridized carbons (Fsp3) is 0.692. The van der Waals surface area contributed by atoms with Crippen LogP contribution in [0.5, 0.6) is 0 Å². The van der Waals surface area contributed by atoms with E-state index in [4.69, 9.17) is 0 Å². The number of hydrogen-bond donors (Lipinski definition) is 1. The molecular weight excluding hydrogens is 294 g/mol. The number of aryl methyl sites for hydroxylation is 2. The molecular formula is C13H20BrN3O. The third-order valence-corrected chi connectivity index (χ3v) is 4.50. The predicted octanol–water partition coefficient (Wildman–Crippen LogP) is 2.94. The van der Waals surface area contributed by atoms with Crippen molar-refractivity contribution < 1.29 is 4.79 Å². The highest BCUT2D eigenvalue weighted by atomic mass is 79.9. The summed E-state index contributed by atoms with van der Waals surface area (Å²) in [4.78, 5) is 12.3. The first-order valence-corrected chi connectivity index (χ1v) is 7.39. The minimum Gasteiger partial charge on any atom is -0.348 e. The number of aromatic nitrogens is 2. The Kier molecular flexibility index (Phi) is 4.43. The molecule has 1 aromatic rings. The Morgan fingerprint density at radius 3 is 2.44 bits per heavy atom. The van der Waals surface area contributed by atoms with Gasteiger partial charge in [0.1, 0.15) is 5.69 Å². The zero-order valence-corrected chi connectivity index (χ0v) is 12.6. The first kappa shape index (κ1) is 13.6. The molecule has 5 heteroatoms. The Morgan fingerprint density at radius 1 is 1.33 bits per heavy atom. The molecule has 2 rings (SSSR count). The van der Waals surface area contributed by atoms with Gasteiger partial charge >= 0.3 is 0 Å². The van der Waals surface area contributed by atoms with E-state index in [1.54, 1.807) is 11.7 Å². The summed E-state index contributed by atoms with van der Waals surface area (Å²) in [6, 6.07) is 0.321. The molecule has 18 heavy (non-hydrogen) atoms. The van der Waals surface area contributed by atoms with Crippen LogP contribution in [0.15, 0.2) is 4.47 Å². The van der Waals surface area contributed by atoms with Gasteiger partial charge in [-0.2, -0.15) is 5.10 Å². The summed E-state index contributed by atoms with van der Waals surface area (Å²) in [6.07, 6.45) is 7.22. The summed E-state index contributed by atoms with van der Waals surface area (Å²) >= 11 is 3.44. The van der Waals surface area contributed by atoms with E-state index in [-0.39, 0.29) is 5.91 Å². The highest BCUT2D eigenvalue weighted by Crippen LogP contribution is 2.22. The molecule has 1 amide bonds. The van der Waals surface area contributed by atoms with Gasteiger partial charge in [0.05, 0.1) is 10.2 Å². The summed E-state index contributed by atoms with van der Waals surface area (Å²) in [5, 5.41) is 7.39. The second-order valence-corrected chi connectivity index (χ2v) is 5.83. The highest BCUT2D eigenvalue weighted by Gasteiger charge is 2.21. The minimum atomic E-state index is -0.0168. The van der Waals surface area contributed by atoms with Gasteiger partial charge in [0.25, 0.3) is 5.91 Å². The second-order valence-electron chi connectivity index (χ2n) is 5.03. The molecule has 0 atom stereocenters. The lowest BCUT2D eigenvalue weighted by Gasteiger charge is -2.16. The van der Waals surface area contributed by atoms with Gasteiger partial charge in [-0.05, 0) is 35.7 Å². The number of hydrogen-bond acceptors (Lipinski definition) is 2. The second kappa shape index (κ2) is 5.87. The molecule has 4 nitrogen and oxygen atoms in total. The fourth-order valence-corrected chi connectivity index (χ4v) is 3.07. The van der Waals surface area contributed by atoms with Crippen molar-refractivity contribution in [2.24, 2.45) is 7.05 Å². The van der Waals surface area contributed by atoms with Crippen LogP contribution in [0.2, 0.25) is 0 Å². The number of carbonyl (C=O) groups is 1. The van der Waals surface area contributed by atoms with Crippen LogP contribution in [-0.4, -0.2) is 21.7 Å². The van der Waals surface area contributed by atoms with Crippen LogP contribution in [0.1, 0.15) is 54.7 Å². The van der Waals surface area contributed by atoms with Gasteiger partial charge in [-0.3, -0.25) is 9.48 Å². The van der Waals surface area contributed by atoms with E-state index in [2.05, 4.69) is 26.3 Å². The van der Waals surface area contributed by atoms with Gasteiger partial charge in [0, 0.05) is 13.1 Å². The maximum Gasteiger partial charge on any atom is 0.270 e. The average Bonchev–Trinajstić information content (AvgIpc) is 2.52. The quantitative estimate of drug-likeness (QED) is 0.853. The smallest absolute Gasteiger partial charge is 0.270 e. The van der Waals surface area contributed by atoms with Crippen molar-refractivity contribution in [3.63, 3.8) is 0 Å². The van der Waals surface area contributed by atoms with E-state index < -0.39 is 0 Å². The number of nitrogens with one attached hydrogen (secondary N) is 1. The van der Waals surface area contributed by atoms with Crippen LogP contribution in [0.25, 0.3) is 0 Å². The molecule has 0 radical (unpaired) electrons. The summed E-state index contributed by atoms with van der Waals surface area (Å²) in [5.74, 6) is -0.0168. The molecule has 1 N–H and O–H groups in total. The average molecular weight is 314 g/mol. The third-order valence-electron chi connectivity index (χ3n) is 3.55. The lowest BCUT2D eigenvalue weighted by atomic mass is 10.1. The highest BCUT2D eigenvalue weighted by molar-refractivity contribution is 9.10. The maximum atomic E-state index is 12.3. The Labute approximate surface area is 116 Å². The van der Waals surface area contributed by atoms with E-state index in [0.29, 0.717) is 11.7 Å². The monoisotopic (exact) mass is 313 g/mol. The molecule has 0 aromatic carbocycles. The van der Waals surface area contributed by atoms with Gasteiger partial charge in [0.15, 0.2) is 0 Å². The van der Waals surface area contributed by atoms with E-state index in [1.807, 2.05) is 6.92 Å². The normalized spacial score (nSPS) is 17.5. The molecule has 0 aliphatic heterocycles. The first-order chi connectivity index (χ1) is 8.59. The van der Waals surface area contributed by atoms with Crippen molar-refractivity contribution in [3.8, 4) is 0 Å². The van der Waals surface area contributed by atoms with Crippen molar-refractivity contribution in [2.75, 3.05) is 0 Å². The van der Waals surface area contributed by atoms with Crippen molar-refractivity contribution in [2.45, 2.75) is 51.5 Å². The Bertz CT molecular complexity index is 434. The molecule has 100 valence electrons. The van der Waals surface area contributed by atoms with Gasteiger partial charge in [0.2, 0.25) is 0 Å². The molecule has 0 unspecified atom stereocenters. The van der Waals surface area contributed by atoms with Gasteiger partial charge < -0.3 is 5.32 Å². The predicted molar refractivity (Wildman–Crippen MR) is 74.6 cm³/mol. The molecule has 0 saturated heterocycles. The van der Waals surface area contributed by atoms with Crippen LogP contribution in [0.3, 0.4) is 0 Å². The number of carbonyl (C=O) groups excluding carboxylic acids is 1. The molecule has 0 bridgehead atoms. The van der Waals surface area contributed by atoms with Gasteiger partial charge in [-0.25, -0.2) is 0 Å². The molecule has 1 saturated carbocycles. The number of halogens is 1. The fourth-order valence-electron chi connectivity index (χ4n) is 2.56. The van der Waals surface area contributed by atoms with E-state index in [9.17, 15) is 4.79 Å². The SMILES string of the molecule is Cc1nn(C)c(C(=O)NC2CCCCCC2)c1Br. The van der Waals surface area contributed by atoms with Crippen molar-refractivity contribution in [1.82, 2.24) is 15.1 Å². The third kappa shape index (κ3) is 2.94. The number of nitrogens with zero attached hydrogens (tertiary/aromatic N) is 2. The zero-order chi connectivity index (χ0) is 13.1. The molecule has 0 spiro atoms. The van der Waals surface area contributed by atoms with Crippen molar-refractivity contribution in [1.29, 1.82) is 0 Å². The van der Waals surface area contributed by atoms with Crippen LogP contribution < -0.4 is 5.32 Å². The lowest BCUT2D eigenvalue weighted by molar-refractivity contribution is 0.0923. The number of amides is 1. The largest absolute Gasteiger partial charge is 0.348 e. The first-order valence-electron chi connectivity index (χ1n) is 6.59. The Balaban J connectivity index is 2.06. The van der Waals surface area contributed by atoms with E-state index in [1.165, 1.54) is 25.7 Å². The van der Waals surface area contributed by atoms with Gasteiger partial charge in [-0.1, -0.05) is 25.7 Å². The maximum absolute atomic E-state index is 12.3. The number of rotatable bonds is 2. The Hall–Kier alpha value is -0.840. The van der Waals surface area contributed by atoms with Crippen molar-refractivity contribution in [3.05, 3.63) is 15.9 Å². The summed E-state index contributed by atoms with van der Waals surface area (Å²) < 4.78 is 2.45. The molecule has 1 heterocycles. The van der Waals surface area contributed by atoms with E-state index in [0.717, 1.165) is 23.0 Å². The summed E-state index contributed by atoms with van der Waals surface area (Å²) in [5.41, 5.74) is 1.47. The molecule has 1 aliphatic rings. The van der Waals surface area contributed by atoms with Crippen LogP contribution in [-0.2, 0) is 7.05 Å².